The zero-order chi connectivity index (χ0) is 15.2. The van der Waals surface area contributed by atoms with Crippen LogP contribution in [-0.4, -0.2) is 11.7 Å². The highest BCUT2D eigenvalue weighted by molar-refractivity contribution is 9.10. The molecule has 2 N–H and O–H groups in total. The second kappa shape index (κ2) is 7.64. The summed E-state index contributed by atoms with van der Waals surface area (Å²) in [7, 11) is 0. The Morgan fingerprint density at radius 3 is 2.38 bits per heavy atom. The maximum absolute atomic E-state index is 13.0. The maximum Gasteiger partial charge on any atom is 0.124 e. The van der Waals surface area contributed by atoms with Crippen LogP contribution in [0.25, 0.3) is 0 Å². The molecule has 0 aliphatic carbocycles. The van der Waals surface area contributed by atoms with Crippen LogP contribution < -0.4 is 5.32 Å². The van der Waals surface area contributed by atoms with Gasteiger partial charge in [-0.05, 0) is 48.4 Å². The van der Waals surface area contributed by atoms with Crippen molar-refractivity contribution in [3.8, 4) is 0 Å². The van der Waals surface area contributed by atoms with Gasteiger partial charge in [0.2, 0.25) is 0 Å². The molecule has 2 rings (SSSR count). The lowest BCUT2D eigenvalue weighted by molar-refractivity contribution is 0.166. The van der Waals surface area contributed by atoms with E-state index >= 15 is 0 Å². The van der Waals surface area contributed by atoms with Gasteiger partial charge in [0.15, 0.2) is 0 Å². The van der Waals surface area contributed by atoms with Gasteiger partial charge in [-0.15, -0.1) is 0 Å². The average molecular weight is 356 g/mol. The highest BCUT2D eigenvalue weighted by Gasteiger charge is 2.11. The summed E-state index contributed by atoms with van der Waals surface area (Å²) in [6.07, 6.45) is -0.161. The zero-order valence-corrected chi connectivity index (χ0v) is 12.9. The first-order chi connectivity index (χ1) is 10.1. The lowest BCUT2D eigenvalue weighted by atomic mass is 10.1. The van der Waals surface area contributed by atoms with E-state index < -0.39 is 6.10 Å². The summed E-state index contributed by atoms with van der Waals surface area (Å²) < 4.78 is 26.3. The van der Waals surface area contributed by atoms with Crippen molar-refractivity contribution < 1.29 is 13.9 Å². The maximum atomic E-state index is 13.0. The standard InChI is InChI=1S/C16H16BrF2NO/c17-15-9-13(19)5-6-14(15)16(21)7-8-20-10-11-1-3-12(18)4-2-11/h1-6,9,16,20-21H,7-8,10H2. The van der Waals surface area contributed by atoms with Crippen LogP contribution in [0.1, 0.15) is 23.7 Å². The Kier molecular flexibility index (Phi) is 5.85. The van der Waals surface area contributed by atoms with Gasteiger partial charge in [0, 0.05) is 11.0 Å². The molecule has 0 amide bonds. The monoisotopic (exact) mass is 355 g/mol. The largest absolute Gasteiger partial charge is 0.388 e. The van der Waals surface area contributed by atoms with Gasteiger partial charge in [-0.2, -0.15) is 0 Å². The first kappa shape index (κ1) is 16.1. The molecule has 0 radical (unpaired) electrons. The second-order valence-corrected chi connectivity index (χ2v) is 5.63. The summed E-state index contributed by atoms with van der Waals surface area (Å²) in [6, 6.07) is 10.5. The van der Waals surface area contributed by atoms with Gasteiger partial charge in [-0.25, -0.2) is 8.78 Å². The van der Waals surface area contributed by atoms with E-state index in [1.807, 2.05) is 0 Å². The van der Waals surface area contributed by atoms with Gasteiger partial charge < -0.3 is 10.4 Å². The third-order valence-corrected chi connectivity index (χ3v) is 3.85. The van der Waals surface area contributed by atoms with Gasteiger partial charge in [-0.1, -0.05) is 34.1 Å². The molecule has 0 saturated heterocycles. The molecule has 2 aromatic rings. The third kappa shape index (κ3) is 4.88. The second-order valence-electron chi connectivity index (χ2n) is 4.77. The molecule has 0 aliphatic heterocycles. The van der Waals surface area contributed by atoms with Crippen molar-refractivity contribution in [1.82, 2.24) is 5.32 Å². The number of hydrogen-bond acceptors (Lipinski definition) is 2. The molecule has 0 saturated carbocycles. The van der Waals surface area contributed by atoms with Crippen molar-refractivity contribution in [1.29, 1.82) is 0 Å². The SMILES string of the molecule is OC(CCNCc1ccc(F)cc1)c1ccc(F)cc1Br. The molecule has 21 heavy (non-hydrogen) atoms. The molecule has 0 aromatic heterocycles. The first-order valence-corrected chi connectivity index (χ1v) is 7.44. The Hall–Kier alpha value is -1.30. The van der Waals surface area contributed by atoms with Gasteiger partial charge in [-0.3, -0.25) is 0 Å². The van der Waals surface area contributed by atoms with E-state index in [2.05, 4.69) is 21.2 Å². The molecule has 1 unspecified atom stereocenters. The van der Waals surface area contributed by atoms with Gasteiger partial charge in [0.05, 0.1) is 6.10 Å². The van der Waals surface area contributed by atoms with Crippen molar-refractivity contribution in [2.75, 3.05) is 6.54 Å². The quantitative estimate of drug-likeness (QED) is 0.769. The topological polar surface area (TPSA) is 32.3 Å². The van der Waals surface area contributed by atoms with Crippen LogP contribution in [0.15, 0.2) is 46.9 Å². The molecule has 0 fully saturated rings. The molecule has 1 atom stereocenters. The minimum atomic E-state index is -0.666. The van der Waals surface area contributed by atoms with Crippen molar-refractivity contribution in [3.63, 3.8) is 0 Å². The van der Waals surface area contributed by atoms with E-state index in [1.165, 1.54) is 24.3 Å². The number of aliphatic hydroxyl groups excluding tert-OH is 1. The van der Waals surface area contributed by atoms with Gasteiger partial charge >= 0.3 is 0 Å². The molecule has 2 aromatic carbocycles. The zero-order valence-electron chi connectivity index (χ0n) is 11.3. The van der Waals surface area contributed by atoms with E-state index in [4.69, 9.17) is 0 Å². The van der Waals surface area contributed by atoms with Crippen LogP contribution >= 0.6 is 15.9 Å². The Bertz CT molecular complexity index is 589. The number of halogens is 3. The lowest BCUT2D eigenvalue weighted by Crippen LogP contribution is -2.17. The van der Waals surface area contributed by atoms with E-state index in [0.717, 1.165) is 5.56 Å². The number of hydrogen-bond donors (Lipinski definition) is 2. The highest BCUT2D eigenvalue weighted by atomic mass is 79.9. The van der Waals surface area contributed by atoms with Crippen LogP contribution in [0, 0.1) is 11.6 Å². The van der Waals surface area contributed by atoms with Gasteiger partial charge in [0.25, 0.3) is 0 Å². The Morgan fingerprint density at radius 2 is 1.71 bits per heavy atom. The summed E-state index contributed by atoms with van der Waals surface area (Å²) >= 11 is 3.24. The predicted octanol–water partition coefficient (Wildman–Crippen LogP) is 3.94. The number of benzene rings is 2. The van der Waals surface area contributed by atoms with Crippen LogP contribution in [0.4, 0.5) is 8.78 Å². The number of aliphatic hydroxyl groups is 1. The van der Waals surface area contributed by atoms with Gasteiger partial charge in [0.1, 0.15) is 11.6 Å². The summed E-state index contributed by atoms with van der Waals surface area (Å²) in [6.45, 7) is 1.21. The van der Waals surface area contributed by atoms with Crippen molar-refractivity contribution in [3.05, 3.63) is 69.7 Å². The van der Waals surface area contributed by atoms with Crippen LogP contribution in [-0.2, 0) is 6.54 Å². The Balaban J connectivity index is 1.79. The van der Waals surface area contributed by atoms with E-state index in [-0.39, 0.29) is 11.6 Å². The van der Waals surface area contributed by atoms with Crippen LogP contribution in [0.2, 0.25) is 0 Å². The molecule has 0 spiro atoms. The summed E-state index contributed by atoms with van der Waals surface area (Å²) in [5.74, 6) is -0.595. The fourth-order valence-electron chi connectivity index (χ4n) is 2.00. The molecule has 112 valence electrons. The van der Waals surface area contributed by atoms with Crippen molar-refractivity contribution >= 4 is 15.9 Å². The minimum absolute atomic E-state index is 0.254. The molecule has 5 heteroatoms. The molecule has 2 nitrogen and oxygen atoms in total. The minimum Gasteiger partial charge on any atom is -0.388 e. The van der Waals surface area contributed by atoms with Crippen LogP contribution in [0.3, 0.4) is 0 Å². The van der Waals surface area contributed by atoms with E-state index in [0.29, 0.717) is 29.5 Å². The normalized spacial score (nSPS) is 12.4. The fourth-order valence-corrected chi connectivity index (χ4v) is 2.62. The number of rotatable bonds is 6. The highest BCUT2D eigenvalue weighted by Crippen LogP contribution is 2.26. The summed E-state index contributed by atoms with van der Waals surface area (Å²) in [4.78, 5) is 0. The number of nitrogens with one attached hydrogen (secondary N) is 1. The van der Waals surface area contributed by atoms with E-state index in [1.54, 1.807) is 18.2 Å². The molecule has 0 aliphatic rings. The van der Waals surface area contributed by atoms with Crippen LogP contribution in [0.5, 0.6) is 0 Å². The van der Waals surface area contributed by atoms with E-state index in [9.17, 15) is 13.9 Å². The predicted molar refractivity (Wildman–Crippen MR) is 81.8 cm³/mol. The molecule has 0 bridgehead atoms. The first-order valence-electron chi connectivity index (χ1n) is 6.64. The Morgan fingerprint density at radius 1 is 1.05 bits per heavy atom. The summed E-state index contributed by atoms with van der Waals surface area (Å²) in [5, 5.41) is 13.3. The van der Waals surface area contributed by atoms with Crippen molar-refractivity contribution in [2.45, 2.75) is 19.1 Å². The van der Waals surface area contributed by atoms with Crippen molar-refractivity contribution in [2.24, 2.45) is 0 Å². The Labute approximate surface area is 130 Å². The lowest BCUT2D eigenvalue weighted by Gasteiger charge is -2.13. The average Bonchev–Trinajstić information content (AvgIpc) is 2.45. The molecule has 0 heterocycles. The third-order valence-electron chi connectivity index (χ3n) is 3.16. The molecular weight excluding hydrogens is 340 g/mol. The summed E-state index contributed by atoms with van der Waals surface area (Å²) in [5.41, 5.74) is 1.65. The smallest absolute Gasteiger partial charge is 0.124 e. The molecular formula is C16H16BrF2NO. The fraction of sp³-hybridized carbons (Fsp3) is 0.250.